The lowest BCUT2D eigenvalue weighted by Gasteiger charge is -2.30. The van der Waals surface area contributed by atoms with Crippen molar-refractivity contribution in [3.63, 3.8) is 0 Å². The number of nitrogens with one attached hydrogen (secondary N) is 1. The summed E-state index contributed by atoms with van der Waals surface area (Å²) in [6, 6.07) is 13.6. The van der Waals surface area contributed by atoms with Crippen LogP contribution < -0.4 is 10.1 Å². The number of hydrogen-bond donors (Lipinski definition) is 1. The lowest BCUT2D eigenvalue weighted by Crippen LogP contribution is -2.50. The van der Waals surface area contributed by atoms with E-state index in [0.717, 1.165) is 41.3 Å². The van der Waals surface area contributed by atoms with Gasteiger partial charge in [0.1, 0.15) is 11.8 Å². The second-order valence-electron chi connectivity index (χ2n) is 9.31. The average molecular weight is 515 g/mol. The molecule has 178 valence electrons. The second-order valence-corrected chi connectivity index (χ2v) is 10.2. The summed E-state index contributed by atoms with van der Waals surface area (Å²) in [4.78, 5) is 27.9. The second kappa shape index (κ2) is 11.7. The number of carbonyl (C=O) groups is 2. The normalized spacial score (nSPS) is 14.8. The summed E-state index contributed by atoms with van der Waals surface area (Å²) in [6.07, 6.45) is 4.30. The van der Waals surface area contributed by atoms with Crippen LogP contribution in [0.15, 0.2) is 46.9 Å². The Hall–Kier alpha value is -2.34. The molecule has 1 unspecified atom stereocenters. The van der Waals surface area contributed by atoms with Gasteiger partial charge in [-0.1, -0.05) is 62.6 Å². The number of rotatable bonds is 9. The highest BCUT2D eigenvalue weighted by Gasteiger charge is 2.29. The van der Waals surface area contributed by atoms with Crippen molar-refractivity contribution >= 4 is 27.7 Å². The lowest BCUT2D eigenvalue weighted by atomic mass is 10.0. The van der Waals surface area contributed by atoms with Crippen LogP contribution in [0.25, 0.3) is 0 Å². The summed E-state index contributed by atoms with van der Waals surface area (Å²) in [5.41, 5.74) is 3.30. The summed E-state index contributed by atoms with van der Waals surface area (Å²) in [5.74, 6) is 0.697. The molecule has 0 radical (unpaired) electrons. The van der Waals surface area contributed by atoms with E-state index in [9.17, 15) is 9.59 Å². The van der Waals surface area contributed by atoms with E-state index in [-0.39, 0.29) is 24.5 Å². The van der Waals surface area contributed by atoms with Crippen molar-refractivity contribution in [3.8, 4) is 5.75 Å². The summed E-state index contributed by atoms with van der Waals surface area (Å²) >= 11 is 3.55. The van der Waals surface area contributed by atoms with Gasteiger partial charge in [0.25, 0.3) is 5.91 Å². The third-order valence-electron chi connectivity index (χ3n) is 6.28. The molecule has 2 amide bonds. The molecule has 0 heterocycles. The summed E-state index contributed by atoms with van der Waals surface area (Å²) in [7, 11) is 0. The van der Waals surface area contributed by atoms with Gasteiger partial charge >= 0.3 is 0 Å². The fourth-order valence-electron chi connectivity index (χ4n) is 4.20. The van der Waals surface area contributed by atoms with Crippen molar-refractivity contribution in [2.24, 2.45) is 0 Å². The minimum Gasteiger partial charge on any atom is -0.483 e. The van der Waals surface area contributed by atoms with E-state index in [1.54, 1.807) is 11.8 Å². The van der Waals surface area contributed by atoms with Gasteiger partial charge in [0.15, 0.2) is 6.61 Å². The highest BCUT2D eigenvalue weighted by atomic mass is 79.9. The molecule has 0 saturated heterocycles. The molecule has 2 aromatic rings. The Morgan fingerprint density at radius 1 is 1.12 bits per heavy atom. The zero-order valence-electron chi connectivity index (χ0n) is 20.1. The Morgan fingerprint density at radius 2 is 1.85 bits per heavy atom. The highest BCUT2D eigenvalue weighted by molar-refractivity contribution is 9.10. The molecule has 2 aromatic carbocycles. The molecule has 1 aliphatic carbocycles. The first kappa shape index (κ1) is 25.3. The maximum Gasteiger partial charge on any atom is 0.261 e. The largest absolute Gasteiger partial charge is 0.483 e. The Bertz CT molecular complexity index is 970. The molecule has 33 heavy (non-hydrogen) atoms. The van der Waals surface area contributed by atoms with Gasteiger partial charge in [0.2, 0.25) is 5.91 Å². The van der Waals surface area contributed by atoms with E-state index in [2.05, 4.69) is 35.1 Å². The summed E-state index contributed by atoms with van der Waals surface area (Å²) in [6.45, 7) is 8.31. The van der Waals surface area contributed by atoms with Crippen molar-refractivity contribution in [2.45, 2.75) is 77.9 Å². The average Bonchev–Trinajstić information content (AvgIpc) is 3.29. The van der Waals surface area contributed by atoms with Gasteiger partial charge in [-0.2, -0.15) is 0 Å². The van der Waals surface area contributed by atoms with Crippen molar-refractivity contribution < 1.29 is 14.3 Å². The van der Waals surface area contributed by atoms with Crippen LogP contribution in [0.3, 0.4) is 0 Å². The monoisotopic (exact) mass is 514 g/mol. The predicted molar refractivity (Wildman–Crippen MR) is 135 cm³/mol. The van der Waals surface area contributed by atoms with Crippen LogP contribution in [0.5, 0.6) is 5.75 Å². The highest BCUT2D eigenvalue weighted by Crippen LogP contribution is 2.29. The number of amides is 2. The Balaban J connectivity index is 1.72. The van der Waals surface area contributed by atoms with E-state index >= 15 is 0 Å². The van der Waals surface area contributed by atoms with Gasteiger partial charge in [0.05, 0.1) is 4.47 Å². The number of halogens is 1. The molecule has 6 heteroatoms. The summed E-state index contributed by atoms with van der Waals surface area (Å²) in [5, 5.41) is 3.13. The molecule has 0 aromatic heterocycles. The third-order valence-corrected chi connectivity index (χ3v) is 6.90. The standard InChI is InChI=1S/C27H35BrN2O3/c1-18(2)22-12-13-25(24(28)15-22)33-17-26(31)30(16-21-9-7-8-19(3)14-21)20(4)27(32)29-23-10-5-6-11-23/h7-9,12-15,18,20,23H,5-6,10-11,16-17H2,1-4H3,(H,29,32). The van der Waals surface area contributed by atoms with Crippen molar-refractivity contribution in [1.29, 1.82) is 0 Å². The van der Waals surface area contributed by atoms with Crippen molar-refractivity contribution in [1.82, 2.24) is 10.2 Å². The molecule has 1 fully saturated rings. The first-order valence-corrected chi connectivity index (χ1v) is 12.6. The van der Waals surface area contributed by atoms with Crippen LogP contribution in [-0.4, -0.2) is 35.4 Å². The molecule has 1 saturated carbocycles. The molecule has 0 aliphatic heterocycles. The van der Waals surface area contributed by atoms with Crippen LogP contribution in [-0.2, 0) is 16.1 Å². The van der Waals surface area contributed by atoms with Gasteiger partial charge in [-0.05, 0) is 71.8 Å². The molecule has 1 atom stereocenters. The first-order valence-electron chi connectivity index (χ1n) is 11.8. The van der Waals surface area contributed by atoms with E-state index in [4.69, 9.17) is 4.74 Å². The number of benzene rings is 2. The first-order chi connectivity index (χ1) is 15.7. The quantitative estimate of drug-likeness (QED) is 0.464. The van der Waals surface area contributed by atoms with Crippen LogP contribution in [0, 0.1) is 6.92 Å². The number of carbonyl (C=O) groups excluding carboxylic acids is 2. The van der Waals surface area contributed by atoms with Crippen molar-refractivity contribution in [2.75, 3.05) is 6.61 Å². The van der Waals surface area contributed by atoms with E-state index in [1.807, 2.05) is 49.4 Å². The third kappa shape index (κ3) is 7.07. The van der Waals surface area contributed by atoms with E-state index in [1.165, 1.54) is 5.56 Å². The van der Waals surface area contributed by atoms with Gasteiger partial charge < -0.3 is 15.0 Å². The molecule has 1 N–H and O–H groups in total. The van der Waals surface area contributed by atoms with Gasteiger partial charge in [-0.25, -0.2) is 0 Å². The van der Waals surface area contributed by atoms with Crippen LogP contribution in [0.1, 0.15) is 69.1 Å². The van der Waals surface area contributed by atoms with Gasteiger partial charge in [-0.3, -0.25) is 9.59 Å². The van der Waals surface area contributed by atoms with Gasteiger partial charge in [0, 0.05) is 12.6 Å². The van der Waals surface area contributed by atoms with Crippen LogP contribution >= 0.6 is 15.9 Å². The smallest absolute Gasteiger partial charge is 0.261 e. The maximum atomic E-state index is 13.3. The minimum absolute atomic E-state index is 0.106. The number of hydrogen-bond acceptors (Lipinski definition) is 3. The number of ether oxygens (including phenoxy) is 1. The van der Waals surface area contributed by atoms with Crippen molar-refractivity contribution in [3.05, 3.63) is 63.6 Å². The predicted octanol–water partition coefficient (Wildman–Crippen LogP) is 5.74. The fourth-order valence-corrected chi connectivity index (χ4v) is 4.71. The zero-order chi connectivity index (χ0) is 24.0. The van der Waals surface area contributed by atoms with Crippen LogP contribution in [0.2, 0.25) is 0 Å². The Kier molecular flexibility index (Phi) is 8.95. The zero-order valence-corrected chi connectivity index (χ0v) is 21.7. The topological polar surface area (TPSA) is 58.6 Å². The molecular formula is C27H35BrN2O3. The molecule has 0 spiro atoms. The summed E-state index contributed by atoms with van der Waals surface area (Å²) < 4.78 is 6.69. The van der Waals surface area contributed by atoms with Gasteiger partial charge in [-0.15, -0.1) is 0 Å². The fraction of sp³-hybridized carbons (Fsp3) is 0.481. The number of aryl methyl sites for hydroxylation is 1. The van der Waals surface area contributed by atoms with E-state index in [0.29, 0.717) is 18.2 Å². The number of nitrogens with zero attached hydrogens (tertiary/aromatic N) is 1. The molecule has 1 aliphatic rings. The maximum absolute atomic E-state index is 13.3. The Labute approximate surface area is 206 Å². The molecular weight excluding hydrogens is 480 g/mol. The molecule has 3 rings (SSSR count). The lowest BCUT2D eigenvalue weighted by molar-refractivity contribution is -0.142. The molecule has 0 bridgehead atoms. The van der Waals surface area contributed by atoms with Crippen LogP contribution in [0.4, 0.5) is 0 Å². The minimum atomic E-state index is -0.589. The molecule has 5 nitrogen and oxygen atoms in total. The Morgan fingerprint density at radius 3 is 2.48 bits per heavy atom. The SMILES string of the molecule is Cc1cccc(CN(C(=O)COc2ccc(C(C)C)cc2Br)C(C)C(=O)NC2CCCC2)c1. The van der Waals surface area contributed by atoms with E-state index < -0.39 is 6.04 Å².